The van der Waals surface area contributed by atoms with Gasteiger partial charge in [-0.05, 0) is 82.4 Å². The summed E-state index contributed by atoms with van der Waals surface area (Å²) in [6.07, 6.45) is 7.82. The first-order valence-corrected chi connectivity index (χ1v) is 17.5. The molecule has 0 N–H and O–H groups in total. The molecule has 0 saturated carbocycles. The van der Waals surface area contributed by atoms with E-state index in [9.17, 15) is 13.2 Å². The number of ether oxygens (including phenoxy) is 2. The fraction of sp³-hybridized carbons (Fsp3) is 0.594. The molecule has 2 aliphatic rings. The molecule has 0 aromatic heterocycles. The summed E-state index contributed by atoms with van der Waals surface area (Å²) in [6, 6.07) is 11.5. The second-order valence-corrected chi connectivity index (χ2v) is 14.7. The number of esters is 1. The summed E-state index contributed by atoms with van der Waals surface area (Å²) >= 11 is 1.50. The topological polar surface area (TPSA) is 79.4 Å². The van der Waals surface area contributed by atoms with E-state index in [1.807, 2.05) is 37.3 Å². The lowest BCUT2D eigenvalue weighted by molar-refractivity contribution is -0.151. The molecule has 232 valence electrons. The van der Waals surface area contributed by atoms with Gasteiger partial charge in [0, 0.05) is 38.0 Å². The van der Waals surface area contributed by atoms with Crippen molar-refractivity contribution in [2.75, 3.05) is 52.3 Å². The third-order valence-electron chi connectivity index (χ3n) is 8.38. The maximum absolute atomic E-state index is 13.2. The molecule has 1 saturated heterocycles. The number of nitrogens with zero attached hydrogens (tertiary/aromatic N) is 3. The number of rotatable bonds is 14. The second-order valence-electron chi connectivity index (χ2n) is 11.5. The third kappa shape index (κ3) is 7.81. The number of unbranched alkanes of at least 4 members (excludes halogenated alkanes) is 3. The lowest BCUT2D eigenvalue weighted by Gasteiger charge is -2.36. The summed E-state index contributed by atoms with van der Waals surface area (Å²) in [7, 11) is 1.20. The van der Waals surface area contributed by atoms with Crippen molar-refractivity contribution in [2.45, 2.75) is 86.0 Å². The molecule has 0 amide bonds. The first-order chi connectivity index (χ1) is 20.1. The van der Waals surface area contributed by atoms with Crippen LogP contribution in [0.25, 0.3) is 0 Å². The second kappa shape index (κ2) is 14.9. The van der Waals surface area contributed by atoms with E-state index >= 15 is 0 Å². The molecule has 42 heavy (non-hydrogen) atoms. The van der Waals surface area contributed by atoms with Crippen LogP contribution in [0.3, 0.4) is 0 Å². The van der Waals surface area contributed by atoms with E-state index in [0.29, 0.717) is 17.2 Å². The molecule has 0 aliphatic carbocycles. The van der Waals surface area contributed by atoms with E-state index in [-0.39, 0.29) is 12.1 Å². The van der Waals surface area contributed by atoms with Crippen molar-refractivity contribution >= 4 is 39.1 Å². The Bertz CT molecular complexity index is 1310. The highest BCUT2D eigenvalue weighted by atomic mass is 32.2. The van der Waals surface area contributed by atoms with Crippen molar-refractivity contribution in [1.29, 1.82) is 0 Å². The number of methoxy groups -OCH3 is 1. The fourth-order valence-corrected chi connectivity index (χ4v) is 8.28. The zero-order chi connectivity index (χ0) is 30.3. The Hall–Kier alpha value is -2.27. The minimum Gasteiger partial charge on any atom is -0.497 e. The molecule has 0 spiro atoms. The number of carbonyl (C=O) groups excluding carboxylic acids is 1. The Morgan fingerprint density at radius 2 is 1.81 bits per heavy atom. The summed E-state index contributed by atoms with van der Waals surface area (Å²) in [5, 5.41) is 0. The van der Waals surface area contributed by atoms with E-state index < -0.39 is 10.0 Å². The molecule has 1 unspecified atom stereocenters. The van der Waals surface area contributed by atoms with Gasteiger partial charge in [-0.3, -0.25) is 4.79 Å². The predicted octanol–water partition coefficient (Wildman–Crippen LogP) is 6.55. The summed E-state index contributed by atoms with van der Waals surface area (Å²) in [4.78, 5) is 19.1. The standard InChI is InChI=1S/C32H47N3O5S2/c1-6-7-8-9-14-31(36)40-24(2)25-17-21-34(22-18-25)19-11-20-35-27-12-10-13-30(42(37,38)33(3)4)32(27)41-29-16-15-26(39-5)23-28(29)35/h10,12-13,15-16,23-25H,6-9,11,14,17-22H2,1-5H3. The van der Waals surface area contributed by atoms with Gasteiger partial charge in [-0.15, -0.1) is 0 Å². The first kappa shape index (κ1) is 32.6. The highest BCUT2D eigenvalue weighted by Gasteiger charge is 2.31. The molecule has 0 radical (unpaired) electrons. The molecule has 2 aromatic rings. The zero-order valence-electron chi connectivity index (χ0n) is 25.8. The van der Waals surface area contributed by atoms with Crippen LogP contribution < -0.4 is 9.64 Å². The number of fused-ring (bicyclic) bond motifs is 2. The van der Waals surface area contributed by atoms with Crippen LogP contribution >= 0.6 is 11.8 Å². The quantitative estimate of drug-likeness (QED) is 0.174. The van der Waals surface area contributed by atoms with Crippen LogP contribution in [0.1, 0.15) is 65.2 Å². The minimum atomic E-state index is -3.60. The Balaban J connectivity index is 1.38. The van der Waals surface area contributed by atoms with E-state index in [4.69, 9.17) is 9.47 Å². The van der Waals surface area contributed by atoms with Crippen molar-refractivity contribution in [2.24, 2.45) is 5.92 Å². The van der Waals surface area contributed by atoms with Crippen LogP contribution in [-0.4, -0.2) is 77.1 Å². The van der Waals surface area contributed by atoms with Gasteiger partial charge in [-0.1, -0.05) is 44.0 Å². The van der Waals surface area contributed by atoms with Gasteiger partial charge >= 0.3 is 5.97 Å². The minimum absolute atomic E-state index is 0.0349. The summed E-state index contributed by atoms with van der Waals surface area (Å²) in [5.74, 6) is 1.13. The summed E-state index contributed by atoms with van der Waals surface area (Å²) in [6.45, 7) is 7.91. The predicted molar refractivity (Wildman–Crippen MR) is 170 cm³/mol. The summed E-state index contributed by atoms with van der Waals surface area (Å²) in [5.41, 5.74) is 1.95. The largest absolute Gasteiger partial charge is 0.497 e. The lowest BCUT2D eigenvalue weighted by Crippen LogP contribution is -2.39. The van der Waals surface area contributed by atoms with Crippen molar-refractivity contribution in [3.8, 4) is 5.75 Å². The van der Waals surface area contributed by atoms with Crippen molar-refractivity contribution in [3.63, 3.8) is 0 Å². The SMILES string of the molecule is CCCCCCC(=O)OC(C)C1CCN(CCCN2c3cc(OC)ccc3Sc3c2cccc3S(=O)(=O)N(C)C)CC1. The molecule has 2 aromatic carbocycles. The molecule has 2 aliphatic heterocycles. The maximum Gasteiger partial charge on any atom is 0.306 e. The molecular weight excluding hydrogens is 571 g/mol. The van der Waals surface area contributed by atoms with E-state index in [2.05, 4.69) is 16.7 Å². The molecule has 0 bridgehead atoms. The number of anilines is 2. The van der Waals surface area contributed by atoms with Gasteiger partial charge in [0.1, 0.15) is 11.9 Å². The molecule has 1 fully saturated rings. The molecular formula is C32H47N3O5S2. The Morgan fingerprint density at radius 1 is 1.05 bits per heavy atom. The smallest absolute Gasteiger partial charge is 0.306 e. The van der Waals surface area contributed by atoms with Gasteiger partial charge in [-0.25, -0.2) is 12.7 Å². The Morgan fingerprint density at radius 3 is 2.50 bits per heavy atom. The highest BCUT2D eigenvalue weighted by molar-refractivity contribution is 8.00. The number of benzene rings is 2. The average Bonchev–Trinajstić information content (AvgIpc) is 2.98. The number of hydrogen-bond donors (Lipinski definition) is 0. The highest BCUT2D eigenvalue weighted by Crippen LogP contribution is 2.51. The first-order valence-electron chi connectivity index (χ1n) is 15.3. The zero-order valence-corrected chi connectivity index (χ0v) is 27.4. The Kier molecular flexibility index (Phi) is 11.6. The number of likely N-dealkylation sites (tertiary alicyclic amines) is 1. The van der Waals surface area contributed by atoms with Crippen molar-refractivity contribution in [1.82, 2.24) is 9.21 Å². The van der Waals surface area contributed by atoms with Gasteiger partial charge in [0.05, 0.1) is 28.3 Å². The van der Waals surface area contributed by atoms with Crippen LogP contribution in [-0.2, 0) is 19.6 Å². The van der Waals surface area contributed by atoms with Gasteiger partial charge < -0.3 is 19.3 Å². The average molecular weight is 618 g/mol. The van der Waals surface area contributed by atoms with Crippen LogP contribution in [0.4, 0.5) is 11.4 Å². The van der Waals surface area contributed by atoms with Gasteiger partial charge in [-0.2, -0.15) is 0 Å². The van der Waals surface area contributed by atoms with E-state index in [1.165, 1.54) is 28.9 Å². The van der Waals surface area contributed by atoms with Crippen LogP contribution in [0.15, 0.2) is 51.1 Å². The number of hydrogen-bond acceptors (Lipinski definition) is 8. The molecule has 8 nitrogen and oxygen atoms in total. The Labute approximate surface area is 256 Å². The number of piperidine rings is 1. The van der Waals surface area contributed by atoms with Gasteiger partial charge in [0.15, 0.2) is 0 Å². The van der Waals surface area contributed by atoms with Crippen molar-refractivity contribution < 1.29 is 22.7 Å². The normalized spacial score (nSPS) is 16.7. The lowest BCUT2D eigenvalue weighted by atomic mass is 9.92. The molecule has 2 heterocycles. The van der Waals surface area contributed by atoms with Crippen LogP contribution in [0.2, 0.25) is 0 Å². The van der Waals surface area contributed by atoms with E-state index in [1.54, 1.807) is 27.3 Å². The molecule has 10 heteroatoms. The van der Waals surface area contributed by atoms with E-state index in [0.717, 1.165) is 85.2 Å². The summed E-state index contributed by atoms with van der Waals surface area (Å²) < 4.78 is 39.0. The van der Waals surface area contributed by atoms with Crippen LogP contribution in [0, 0.1) is 5.92 Å². The van der Waals surface area contributed by atoms with Crippen molar-refractivity contribution in [3.05, 3.63) is 36.4 Å². The fourth-order valence-electron chi connectivity index (χ4n) is 5.78. The number of carbonyl (C=O) groups is 1. The molecule has 1 atom stereocenters. The van der Waals surface area contributed by atoms with Gasteiger partial charge in [0.2, 0.25) is 10.0 Å². The van der Waals surface area contributed by atoms with Gasteiger partial charge in [0.25, 0.3) is 0 Å². The van der Waals surface area contributed by atoms with Crippen LogP contribution in [0.5, 0.6) is 5.75 Å². The monoisotopic (exact) mass is 617 g/mol. The number of sulfonamides is 1. The third-order valence-corrected chi connectivity index (χ3v) is 11.6. The maximum atomic E-state index is 13.2. The molecule has 4 rings (SSSR count).